The monoisotopic (exact) mass is 324 g/mol. The maximum Gasteiger partial charge on any atom is 0.418 e. The van der Waals surface area contributed by atoms with Crippen LogP contribution >= 0.6 is 0 Å². The molecule has 2 amide bonds. The van der Waals surface area contributed by atoms with Crippen LogP contribution < -0.4 is 10.6 Å². The van der Waals surface area contributed by atoms with Crippen LogP contribution in [0.5, 0.6) is 0 Å². The Morgan fingerprint density at radius 1 is 1.41 bits per heavy atom. The predicted octanol–water partition coefficient (Wildman–Crippen LogP) is 2.36. The Balaban J connectivity index is 2.61. The van der Waals surface area contributed by atoms with E-state index in [1.807, 2.05) is 5.32 Å². The highest BCUT2D eigenvalue weighted by atomic mass is 19.4. The number of aliphatic hydroxyl groups excluding tert-OH is 1. The molecule has 0 aliphatic carbocycles. The number of halogens is 4. The van der Waals surface area contributed by atoms with Crippen LogP contribution in [0.25, 0.3) is 0 Å². The Morgan fingerprint density at radius 2 is 2.09 bits per heavy atom. The molecule has 0 heterocycles. The van der Waals surface area contributed by atoms with Gasteiger partial charge in [0.05, 0.1) is 24.0 Å². The molecule has 1 aromatic rings. The second-order valence-electron chi connectivity index (χ2n) is 4.47. The van der Waals surface area contributed by atoms with Crippen LogP contribution in [0.3, 0.4) is 0 Å². The van der Waals surface area contributed by atoms with E-state index < -0.39 is 35.4 Å². The lowest BCUT2D eigenvalue weighted by atomic mass is 10.1. The van der Waals surface area contributed by atoms with E-state index in [1.165, 1.54) is 7.11 Å². The number of hydrogen-bond donors (Lipinski definition) is 3. The van der Waals surface area contributed by atoms with E-state index >= 15 is 0 Å². The minimum absolute atomic E-state index is 0.0406. The second-order valence-corrected chi connectivity index (χ2v) is 4.47. The molecule has 0 saturated heterocycles. The smallest absolute Gasteiger partial charge is 0.391 e. The summed E-state index contributed by atoms with van der Waals surface area (Å²) in [5.74, 6) is -1.05. The fourth-order valence-electron chi connectivity index (χ4n) is 1.65. The Labute approximate surface area is 124 Å². The third-order valence-corrected chi connectivity index (χ3v) is 2.66. The minimum atomic E-state index is -4.79. The normalized spacial score (nSPS) is 12.8. The number of carbonyl (C=O) groups is 1. The third-order valence-electron chi connectivity index (χ3n) is 2.66. The number of alkyl halides is 3. The van der Waals surface area contributed by atoms with Crippen LogP contribution in [0.15, 0.2) is 18.2 Å². The molecule has 9 heteroatoms. The quantitative estimate of drug-likeness (QED) is 0.704. The number of ether oxygens (including phenoxy) is 1. The zero-order valence-electron chi connectivity index (χ0n) is 11.7. The summed E-state index contributed by atoms with van der Waals surface area (Å²) in [6.07, 6.45) is -5.40. The molecule has 0 aromatic heterocycles. The molecule has 1 unspecified atom stereocenters. The molecule has 0 radical (unpaired) electrons. The lowest BCUT2D eigenvalue weighted by Gasteiger charge is -2.15. The van der Waals surface area contributed by atoms with Crippen LogP contribution in [0.2, 0.25) is 0 Å². The highest BCUT2D eigenvalue weighted by Gasteiger charge is 2.34. The van der Waals surface area contributed by atoms with Crippen molar-refractivity contribution in [2.45, 2.75) is 18.7 Å². The fraction of sp³-hybridized carbons (Fsp3) is 0.462. The molecule has 3 N–H and O–H groups in total. The van der Waals surface area contributed by atoms with E-state index in [1.54, 1.807) is 0 Å². The third kappa shape index (κ3) is 5.86. The topological polar surface area (TPSA) is 70.6 Å². The summed E-state index contributed by atoms with van der Waals surface area (Å²) in [6.45, 7) is 0.123. The van der Waals surface area contributed by atoms with Gasteiger partial charge in [0.2, 0.25) is 0 Å². The summed E-state index contributed by atoms with van der Waals surface area (Å²) >= 11 is 0. The summed E-state index contributed by atoms with van der Waals surface area (Å²) < 4.78 is 55.8. The van der Waals surface area contributed by atoms with Crippen molar-refractivity contribution in [3.05, 3.63) is 29.6 Å². The average Bonchev–Trinajstić information content (AvgIpc) is 2.40. The molecule has 0 bridgehead atoms. The molecule has 124 valence electrons. The summed E-state index contributed by atoms with van der Waals surface area (Å²) in [5.41, 5.74) is -1.83. The van der Waals surface area contributed by atoms with E-state index in [4.69, 9.17) is 0 Å². The van der Waals surface area contributed by atoms with Crippen LogP contribution in [0, 0.1) is 5.82 Å². The number of benzene rings is 1. The molecule has 0 aliphatic heterocycles. The summed E-state index contributed by atoms with van der Waals surface area (Å²) in [7, 11) is 1.40. The summed E-state index contributed by atoms with van der Waals surface area (Å²) in [6, 6.07) is 1.06. The van der Waals surface area contributed by atoms with Gasteiger partial charge in [-0.05, 0) is 24.6 Å². The Kier molecular flexibility index (Phi) is 6.57. The van der Waals surface area contributed by atoms with Gasteiger partial charge in [0.15, 0.2) is 0 Å². The molecular weight excluding hydrogens is 308 g/mol. The molecular formula is C13H16F4N2O3. The lowest BCUT2D eigenvalue weighted by molar-refractivity contribution is -0.137. The molecule has 1 rings (SSSR count). The Morgan fingerprint density at radius 3 is 2.68 bits per heavy atom. The van der Waals surface area contributed by atoms with Crippen LogP contribution in [0.4, 0.5) is 28.0 Å². The van der Waals surface area contributed by atoms with Gasteiger partial charge in [-0.2, -0.15) is 13.2 Å². The SMILES string of the molecule is COCC(O)CCNC(=O)Nc1ccc(F)cc1C(F)(F)F. The summed E-state index contributed by atoms with van der Waals surface area (Å²) in [4.78, 5) is 11.5. The van der Waals surface area contributed by atoms with Gasteiger partial charge in [-0.15, -0.1) is 0 Å². The average molecular weight is 324 g/mol. The Bertz CT molecular complexity index is 509. The molecule has 0 fully saturated rings. The van der Waals surface area contributed by atoms with Crippen LogP contribution in [-0.4, -0.2) is 37.5 Å². The maximum atomic E-state index is 12.9. The van der Waals surface area contributed by atoms with Crippen molar-refractivity contribution in [2.24, 2.45) is 0 Å². The van der Waals surface area contributed by atoms with E-state index in [-0.39, 0.29) is 19.6 Å². The first-order valence-corrected chi connectivity index (χ1v) is 6.32. The fourth-order valence-corrected chi connectivity index (χ4v) is 1.65. The Hall–Kier alpha value is -1.87. The van der Waals surface area contributed by atoms with Crippen molar-refractivity contribution >= 4 is 11.7 Å². The number of urea groups is 1. The number of rotatable bonds is 6. The number of amides is 2. The van der Waals surface area contributed by atoms with Gasteiger partial charge in [0.1, 0.15) is 5.82 Å². The van der Waals surface area contributed by atoms with Crippen molar-refractivity contribution < 1.29 is 32.2 Å². The van der Waals surface area contributed by atoms with Gasteiger partial charge in [-0.1, -0.05) is 0 Å². The van der Waals surface area contributed by atoms with Gasteiger partial charge in [-0.3, -0.25) is 0 Å². The number of anilines is 1. The highest BCUT2D eigenvalue weighted by Crippen LogP contribution is 2.35. The number of methoxy groups -OCH3 is 1. The van der Waals surface area contributed by atoms with Crippen LogP contribution in [-0.2, 0) is 10.9 Å². The first-order valence-electron chi connectivity index (χ1n) is 6.32. The number of nitrogens with one attached hydrogen (secondary N) is 2. The van der Waals surface area contributed by atoms with E-state index in [2.05, 4.69) is 10.1 Å². The number of carbonyl (C=O) groups excluding carboxylic acids is 1. The van der Waals surface area contributed by atoms with E-state index in [0.29, 0.717) is 6.07 Å². The lowest BCUT2D eigenvalue weighted by Crippen LogP contribution is -2.32. The second kappa shape index (κ2) is 7.95. The number of hydrogen-bond acceptors (Lipinski definition) is 3. The highest BCUT2D eigenvalue weighted by molar-refractivity contribution is 5.90. The van der Waals surface area contributed by atoms with Crippen molar-refractivity contribution in [2.75, 3.05) is 25.6 Å². The van der Waals surface area contributed by atoms with Crippen molar-refractivity contribution in [1.82, 2.24) is 5.32 Å². The minimum Gasteiger partial charge on any atom is -0.391 e. The van der Waals surface area contributed by atoms with Gasteiger partial charge >= 0.3 is 12.2 Å². The predicted molar refractivity (Wildman–Crippen MR) is 70.9 cm³/mol. The molecule has 1 aromatic carbocycles. The van der Waals surface area contributed by atoms with Crippen molar-refractivity contribution in [1.29, 1.82) is 0 Å². The van der Waals surface area contributed by atoms with E-state index in [9.17, 15) is 27.5 Å². The van der Waals surface area contributed by atoms with E-state index in [0.717, 1.165) is 12.1 Å². The molecule has 1 atom stereocenters. The van der Waals surface area contributed by atoms with Crippen molar-refractivity contribution in [3.8, 4) is 0 Å². The molecule has 5 nitrogen and oxygen atoms in total. The van der Waals surface area contributed by atoms with Gasteiger partial charge in [0.25, 0.3) is 0 Å². The number of aliphatic hydroxyl groups is 1. The molecule has 0 saturated carbocycles. The van der Waals surface area contributed by atoms with Gasteiger partial charge in [0, 0.05) is 13.7 Å². The van der Waals surface area contributed by atoms with Crippen molar-refractivity contribution in [3.63, 3.8) is 0 Å². The first-order chi connectivity index (χ1) is 10.2. The zero-order chi connectivity index (χ0) is 16.8. The first kappa shape index (κ1) is 18.2. The molecule has 22 heavy (non-hydrogen) atoms. The maximum absolute atomic E-state index is 12.9. The standard InChI is InChI=1S/C13H16F4N2O3/c1-22-7-9(20)4-5-18-12(21)19-11-3-2-8(14)6-10(11)13(15,16)17/h2-3,6,9,20H,4-5,7H2,1H3,(H2,18,19,21). The van der Waals surface area contributed by atoms with Gasteiger partial charge < -0.3 is 20.5 Å². The van der Waals surface area contributed by atoms with Gasteiger partial charge in [-0.25, -0.2) is 9.18 Å². The van der Waals surface area contributed by atoms with Crippen LogP contribution in [0.1, 0.15) is 12.0 Å². The molecule has 0 spiro atoms. The zero-order valence-corrected chi connectivity index (χ0v) is 11.7. The largest absolute Gasteiger partial charge is 0.418 e. The molecule has 0 aliphatic rings. The summed E-state index contributed by atoms with van der Waals surface area (Å²) in [5, 5.41) is 13.6.